The molecule has 0 spiro atoms. The number of para-hydroxylation sites is 1. The molecule has 0 atom stereocenters. The van der Waals surface area contributed by atoms with Gasteiger partial charge in [-0.05, 0) is 30.7 Å². The molecule has 3 aromatic rings. The molecule has 1 heterocycles. The van der Waals surface area contributed by atoms with E-state index in [1.165, 1.54) is 16.7 Å². The van der Waals surface area contributed by atoms with Gasteiger partial charge in [-0.25, -0.2) is 13.8 Å². The summed E-state index contributed by atoms with van der Waals surface area (Å²) in [6.07, 6.45) is 0. The molecular weight excluding hydrogens is 284 g/mol. The molecule has 0 unspecified atom stereocenters. The lowest BCUT2D eigenvalue weighted by molar-refractivity contribution is 0.566. The number of anilines is 1. The minimum atomic E-state index is -0.723. The summed E-state index contributed by atoms with van der Waals surface area (Å²) in [5.74, 6) is -1.42. The Labute approximate surface area is 118 Å². The lowest BCUT2D eigenvalue weighted by Gasteiger charge is -2.11. The Morgan fingerprint density at radius 3 is 2.70 bits per heavy atom. The second kappa shape index (κ2) is 4.45. The molecule has 0 saturated carbocycles. The van der Waals surface area contributed by atoms with Crippen molar-refractivity contribution in [3.05, 3.63) is 52.6 Å². The van der Waals surface area contributed by atoms with Gasteiger partial charge in [0, 0.05) is 0 Å². The molecule has 2 aromatic carbocycles. The van der Waals surface area contributed by atoms with Gasteiger partial charge in [-0.2, -0.15) is 0 Å². The molecule has 20 heavy (non-hydrogen) atoms. The van der Waals surface area contributed by atoms with E-state index in [0.29, 0.717) is 21.6 Å². The lowest BCUT2D eigenvalue weighted by Crippen LogP contribution is -2.07. The number of nitrogens with two attached hydrogens (primary N) is 1. The van der Waals surface area contributed by atoms with E-state index in [-0.39, 0.29) is 11.6 Å². The molecule has 3 rings (SSSR count). The molecule has 0 bridgehead atoms. The summed E-state index contributed by atoms with van der Waals surface area (Å²) in [4.78, 5) is 4.09. The van der Waals surface area contributed by atoms with Crippen LogP contribution >= 0.6 is 11.6 Å². The summed E-state index contributed by atoms with van der Waals surface area (Å²) in [7, 11) is 0. The maximum Gasteiger partial charge on any atom is 0.206 e. The molecule has 102 valence electrons. The van der Waals surface area contributed by atoms with Crippen molar-refractivity contribution >= 4 is 28.6 Å². The van der Waals surface area contributed by atoms with Crippen LogP contribution in [-0.2, 0) is 0 Å². The monoisotopic (exact) mass is 293 g/mol. The van der Waals surface area contributed by atoms with Gasteiger partial charge in [0.2, 0.25) is 5.95 Å². The van der Waals surface area contributed by atoms with E-state index in [1.807, 2.05) is 0 Å². The molecular formula is C14H10ClF2N3. The number of aryl methyl sites for hydroxylation is 1. The fourth-order valence-corrected chi connectivity index (χ4v) is 2.43. The highest BCUT2D eigenvalue weighted by atomic mass is 35.5. The minimum absolute atomic E-state index is 0.0171. The first-order valence-corrected chi connectivity index (χ1v) is 6.26. The van der Waals surface area contributed by atoms with Crippen molar-refractivity contribution in [3.8, 4) is 5.69 Å². The van der Waals surface area contributed by atoms with Gasteiger partial charge in [0.05, 0.1) is 16.1 Å². The topological polar surface area (TPSA) is 43.8 Å². The Kier molecular flexibility index (Phi) is 2.87. The Balaban J connectivity index is 2.47. The number of nitrogens with zero attached hydrogens (tertiary/aromatic N) is 2. The number of imidazole rings is 1. The van der Waals surface area contributed by atoms with Gasteiger partial charge in [-0.1, -0.05) is 23.7 Å². The molecule has 6 heteroatoms. The number of rotatable bonds is 1. The van der Waals surface area contributed by atoms with Crippen LogP contribution in [0.1, 0.15) is 5.56 Å². The molecule has 0 fully saturated rings. The van der Waals surface area contributed by atoms with Crippen LogP contribution < -0.4 is 5.73 Å². The molecule has 0 amide bonds. The van der Waals surface area contributed by atoms with E-state index in [0.717, 1.165) is 0 Å². The van der Waals surface area contributed by atoms with Crippen LogP contribution in [-0.4, -0.2) is 9.55 Å². The van der Waals surface area contributed by atoms with Crippen LogP contribution in [0.5, 0.6) is 0 Å². The Hall–Kier alpha value is -2.14. The highest BCUT2D eigenvalue weighted by Crippen LogP contribution is 2.31. The zero-order chi connectivity index (χ0) is 14.4. The number of aromatic nitrogens is 2. The molecule has 0 aliphatic heterocycles. The third kappa shape index (κ3) is 1.74. The molecule has 1 aromatic heterocycles. The average molecular weight is 294 g/mol. The Morgan fingerprint density at radius 2 is 1.95 bits per heavy atom. The standard InChI is InChI=1S/C14H10ClF2N3/c1-7-5-6-9(16)13(11(7)17)20-12-8(15)3-2-4-10(12)19-14(20)18/h2-6H,1H3,(H2,18,19). The second-order valence-electron chi connectivity index (χ2n) is 4.44. The zero-order valence-electron chi connectivity index (χ0n) is 10.5. The van der Waals surface area contributed by atoms with Crippen molar-refractivity contribution < 1.29 is 8.78 Å². The van der Waals surface area contributed by atoms with Crippen LogP contribution in [0.15, 0.2) is 30.3 Å². The van der Waals surface area contributed by atoms with Crippen LogP contribution in [0.25, 0.3) is 16.7 Å². The number of benzene rings is 2. The summed E-state index contributed by atoms with van der Waals surface area (Å²) in [6.45, 7) is 1.55. The van der Waals surface area contributed by atoms with Gasteiger partial charge < -0.3 is 5.73 Å². The van der Waals surface area contributed by atoms with Crippen molar-refractivity contribution in [2.24, 2.45) is 0 Å². The average Bonchev–Trinajstić information content (AvgIpc) is 2.73. The summed E-state index contributed by atoms with van der Waals surface area (Å²) in [5.41, 5.74) is 6.72. The number of hydrogen-bond donors (Lipinski definition) is 1. The zero-order valence-corrected chi connectivity index (χ0v) is 11.2. The van der Waals surface area contributed by atoms with Gasteiger partial charge in [0.25, 0.3) is 0 Å². The third-order valence-electron chi connectivity index (χ3n) is 3.14. The number of halogens is 3. The van der Waals surface area contributed by atoms with Crippen LogP contribution in [0.4, 0.5) is 14.7 Å². The van der Waals surface area contributed by atoms with Crippen molar-refractivity contribution in [2.75, 3.05) is 5.73 Å². The van der Waals surface area contributed by atoms with Crippen LogP contribution in [0, 0.1) is 18.6 Å². The molecule has 3 nitrogen and oxygen atoms in total. The summed E-state index contributed by atoms with van der Waals surface area (Å²) in [6, 6.07) is 7.55. The predicted molar refractivity (Wildman–Crippen MR) is 75.1 cm³/mol. The van der Waals surface area contributed by atoms with Crippen molar-refractivity contribution in [3.63, 3.8) is 0 Å². The molecule has 2 N–H and O–H groups in total. The highest BCUT2D eigenvalue weighted by Gasteiger charge is 2.20. The quantitative estimate of drug-likeness (QED) is 0.740. The first-order chi connectivity index (χ1) is 9.50. The van der Waals surface area contributed by atoms with E-state index in [4.69, 9.17) is 17.3 Å². The molecule has 0 radical (unpaired) electrons. The van der Waals surface area contributed by atoms with E-state index in [9.17, 15) is 8.78 Å². The van der Waals surface area contributed by atoms with Crippen molar-refractivity contribution in [1.29, 1.82) is 0 Å². The SMILES string of the molecule is Cc1ccc(F)c(-n2c(N)nc3cccc(Cl)c32)c1F. The van der Waals surface area contributed by atoms with E-state index >= 15 is 0 Å². The number of nitrogen functional groups attached to an aromatic ring is 1. The minimum Gasteiger partial charge on any atom is -0.369 e. The number of fused-ring (bicyclic) bond motifs is 1. The fourth-order valence-electron chi connectivity index (χ4n) is 2.18. The fraction of sp³-hybridized carbons (Fsp3) is 0.0714. The Bertz CT molecular complexity index is 827. The number of hydrogen-bond acceptors (Lipinski definition) is 2. The van der Waals surface area contributed by atoms with E-state index in [2.05, 4.69) is 4.98 Å². The van der Waals surface area contributed by atoms with Gasteiger partial charge in [0.15, 0.2) is 5.82 Å². The van der Waals surface area contributed by atoms with E-state index in [1.54, 1.807) is 25.1 Å². The van der Waals surface area contributed by atoms with Gasteiger partial charge in [0.1, 0.15) is 11.5 Å². The van der Waals surface area contributed by atoms with Gasteiger partial charge in [-0.3, -0.25) is 4.57 Å². The predicted octanol–water partition coefficient (Wildman–Crippen LogP) is 3.85. The first-order valence-electron chi connectivity index (χ1n) is 5.88. The summed E-state index contributed by atoms with van der Waals surface area (Å²) >= 11 is 6.11. The highest BCUT2D eigenvalue weighted by molar-refractivity contribution is 6.35. The van der Waals surface area contributed by atoms with Crippen molar-refractivity contribution in [1.82, 2.24) is 9.55 Å². The van der Waals surface area contributed by atoms with Gasteiger partial charge in [-0.15, -0.1) is 0 Å². The Morgan fingerprint density at radius 1 is 1.20 bits per heavy atom. The normalized spacial score (nSPS) is 11.2. The first kappa shape index (κ1) is 12.9. The molecule has 0 aliphatic rings. The summed E-state index contributed by atoms with van der Waals surface area (Å²) in [5, 5.41) is 0.326. The van der Waals surface area contributed by atoms with Crippen molar-refractivity contribution in [2.45, 2.75) is 6.92 Å². The van der Waals surface area contributed by atoms with Gasteiger partial charge >= 0.3 is 0 Å². The van der Waals surface area contributed by atoms with Crippen LogP contribution in [0.2, 0.25) is 5.02 Å². The third-order valence-corrected chi connectivity index (χ3v) is 3.44. The largest absolute Gasteiger partial charge is 0.369 e. The lowest BCUT2D eigenvalue weighted by atomic mass is 10.2. The van der Waals surface area contributed by atoms with E-state index < -0.39 is 11.6 Å². The molecule has 0 aliphatic carbocycles. The summed E-state index contributed by atoms with van der Waals surface area (Å²) < 4.78 is 29.5. The van der Waals surface area contributed by atoms with Crippen LogP contribution in [0.3, 0.4) is 0 Å². The smallest absolute Gasteiger partial charge is 0.206 e. The maximum absolute atomic E-state index is 14.3. The maximum atomic E-state index is 14.3. The second-order valence-corrected chi connectivity index (χ2v) is 4.85. The molecule has 0 saturated heterocycles.